The van der Waals surface area contributed by atoms with Gasteiger partial charge in [0.1, 0.15) is 0 Å². The number of carbonyl (C=O) groups excluding carboxylic acids is 1. The molecule has 4 nitrogen and oxygen atoms in total. The number of hydrogen-bond donors (Lipinski definition) is 1. The molecule has 0 spiro atoms. The smallest absolute Gasteiger partial charge is 0.258 e. The van der Waals surface area contributed by atoms with E-state index in [1.165, 1.54) is 6.20 Å². The van der Waals surface area contributed by atoms with Crippen LogP contribution in [0.4, 0.5) is 5.69 Å². The average molecular weight is 262 g/mol. The highest BCUT2D eigenvalue weighted by atomic mass is 35.5. The van der Waals surface area contributed by atoms with Gasteiger partial charge in [0.05, 0.1) is 10.6 Å². The number of anilines is 1. The molecule has 5 heteroatoms. The van der Waals surface area contributed by atoms with Gasteiger partial charge in [0.25, 0.3) is 5.91 Å². The Morgan fingerprint density at radius 3 is 2.78 bits per heavy atom. The molecule has 0 aliphatic rings. The molecule has 1 N–H and O–H groups in total. The van der Waals surface area contributed by atoms with Crippen LogP contribution in [0.25, 0.3) is 0 Å². The van der Waals surface area contributed by atoms with Crippen molar-refractivity contribution >= 4 is 23.2 Å². The monoisotopic (exact) mass is 261 g/mol. The SMILES string of the molecule is Cc1cc(Cl)c(C(=O)Nc2ccncc2C)cn1. The molecule has 0 saturated carbocycles. The lowest BCUT2D eigenvalue weighted by Crippen LogP contribution is -2.14. The second kappa shape index (κ2) is 5.14. The first-order valence-corrected chi connectivity index (χ1v) is 5.80. The molecule has 0 aliphatic heterocycles. The summed E-state index contributed by atoms with van der Waals surface area (Å²) >= 11 is 6.02. The number of aromatic nitrogens is 2. The fourth-order valence-corrected chi connectivity index (χ4v) is 1.79. The number of amides is 1. The van der Waals surface area contributed by atoms with Crippen LogP contribution in [-0.4, -0.2) is 15.9 Å². The molecule has 0 aliphatic carbocycles. The van der Waals surface area contributed by atoms with Gasteiger partial charge < -0.3 is 5.32 Å². The zero-order chi connectivity index (χ0) is 13.1. The van der Waals surface area contributed by atoms with E-state index >= 15 is 0 Å². The standard InChI is InChI=1S/C13H12ClN3O/c1-8-6-15-4-3-12(8)17-13(18)10-7-16-9(2)5-11(10)14/h3-7H,1-2H3,(H,15,17,18). The summed E-state index contributed by atoms with van der Waals surface area (Å²) in [7, 11) is 0. The van der Waals surface area contributed by atoms with Crippen LogP contribution in [0.5, 0.6) is 0 Å². The van der Waals surface area contributed by atoms with E-state index in [0.717, 1.165) is 11.3 Å². The fraction of sp³-hybridized carbons (Fsp3) is 0.154. The molecule has 2 aromatic heterocycles. The lowest BCUT2D eigenvalue weighted by Gasteiger charge is -2.08. The van der Waals surface area contributed by atoms with Crippen molar-refractivity contribution in [2.24, 2.45) is 0 Å². The third-order valence-corrected chi connectivity index (χ3v) is 2.82. The number of hydrogen-bond acceptors (Lipinski definition) is 3. The van der Waals surface area contributed by atoms with Crippen molar-refractivity contribution in [2.45, 2.75) is 13.8 Å². The van der Waals surface area contributed by atoms with E-state index in [1.807, 2.05) is 13.8 Å². The van der Waals surface area contributed by atoms with Gasteiger partial charge in [-0.1, -0.05) is 11.6 Å². The first-order chi connectivity index (χ1) is 8.58. The van der Waals surface area contributed by atoms with Gasteiger partial charge in [-0.3, -0.25) is 14.8 Å². The normalized spacial score (nSPS) is 10.2. The number of pyridine rings is 2. The maximum Gasteiger partial charge on any atom is 0.258 e. The van der Waals surface area contributed by atoms with Crippen molar-refractivity contribution in [3.63, 3.8) is 0 Å². The Morgan fingerprint density at radius 2 is 2.11 bits per heavy atom. The summed E-state index contributed by atoms with van der Waals surface area (Å²) in [5.41, 5.74) is 2.74. The van der Waals surface area contributed by atoms with Crippen molar-refractivity contribution in [2.75, 3.05) is 5.32 Å². The lowest BCUT2D eigenvalue weighted by atomic mass is 10.2. The molecule has 0 atom stereocenters. The summed E-state index contributed by atoms with van der Waals surface area (Å²) in [6.07, 6.45) is 4.78. The van der Waals surface area contributed by atoms with Crippen LogP contribution in [-0.2, 0) is 0 Å². The first kappa shape index (κ1) is 12.5. The highest BCUT2D eigenvalue weighted by Crippen LogP contribution is 2.18. The van der Waals surface area contributed by atoms with Gasteiger partial charge in [0.2, 0.25) is 0 Å². The molecule has 1 amide bonds. The van der Waals surface area contributed by atoms with E-state index in [0.29, 0.717) is 16.3 Å². The molecular weight excluding hydrogens is 250 g/mol. The molecule has 18 heavy (non-hydrogen) atoms. The van der Waals surface area contributed by atoms with E-state index < -0.39 is 0 Å². The van der Waals surface area contributed by atoms with Gasteiger partial charge in [-0.2, -0.15) is 0 Å². The molecule has 0 unspecified atom stereocenters. The van der Waals surface area contributed by atoms with Crippen LogP contribution < -0.4 is 5.32 Å². The highest BCUT2D eigenvalue weighted by molar-refractivity contribution is 6.34. The summed E-state index contributed by atoms with van der Waals surface area (Å²) in [5.74, 6) is -0.276. The lowest BCUT2D eigenvalue weighted by molar-refractivity contribution is 0.102. The molecule has 2 aromatic rings. The summed E-state index contributed by atoms with van der Waals surface area (Å²) in [6, 6.07) is 3.40. The molecular formula is C13H12ClN3O. The minimum atomic E-state index is -0.276. The number of nitrogens with zero attached hydrogens (tertiary/aromatic N) is 2. The molecule has 0 bridgehead atoms. The van der Waals surface area contributed by atoms with E-state index in [4.69, 9.17) is 11.6 Å². The summed E-state index contributed by atoms with van der Waals surface area (Å²) in [6.45, 7) is 3.69. The Bertz CT molecular complexity index is 599. The van der Waals surface area contributed by atoms with Crippen molar-refractivity contribution in [3.05, 3.63) is 52.6 Å². The first-order valence-electron chi connectivity index (χ1n) is 5.42. The maximum absolute atomic E-state index is 12.0. The van der Waals surface area contributed by atoms with E-state index in [-0.39, 0.29) is 5.91 Å². The Balaban J connectivity index is 2.25. The minimum Gasteiger partial charge on any atom is -0.322 e. The van der Waals surface area contributed by atoms with Crippen molar-refractivity contribution < 1.29 is 4.79 Å². The van der Waals surface area contributed by atoms with E-state index in [1.54, 1.807) is 24.5 Å². The third kappa shape index (κ3) is 2.65. The maximum atomic E-state index is 12.0. The molecule has 0 aromatic carbocycles. The molecule has 0 fully saturated rings. The predicted molar refractivity (Wildman–Crippen MR) is 70.9 cm³/mol. The topological polar surface area (TPSA) is 54.9 Å². The van der Waals surface area contributed by atoms with Gasteiger partial charge in [-0.25, -0.2) is 0 Å². The Labute approximate surface area is 110 Å². The van der Waals surface area contributed by atoms with Gasteiger partial charge in [-0.15, -0.1) is 0 Å². The zero-order valence-corrected chi connectivity index (χ0v) is 10.8. The van der Waals surface area contributed by atoms with E-state index in [9.17, 15) is 4.79 Å². The van der Waals surface area contributed by atoms with Crippen LogP contribution in [0.15, 0.2) is 30.7 Å². The highest BCUT2D eigenvalue weighted by Gasteiger charge is 2.12. The van der Waals surface area contributed by atoms with Crippen molar-refractivity contribution in [3.8, 4) is 0 Å². The number of carbonyl (C=O) groups is 1. The molecule has 2 rings (SSSR count). The molecule has 92 valence electrons. The van der Waals surface area contributed by atoms with Gasteiger partial charge in [-0.05, 0) is 31.5 Å². The Morgan fingerprint density at radius 1 is 1.33 bits per heavy atom. The van der Waals surface area contributed by atoms with Crippen LogP contribution in [0.3, 0.4) is 0 Å². The minimum absolute atomic E-state index is 0.276. The third-order valence-electron chi connectivity index (χ3n) is 2.50. The van der Waals surface area contributed by atoms with Crippen molar-refractivity contribution in [1.82, 2.24) is 9.97 Å². The fourth-order valence-electron chi connectivity index (χ4n) is 1.50. The summed E-state index contributed by atoms with van der Waals surface area (Å²) in [5, 5.41) is 3.18. The average Bonchev–Trinajstić information content (AvgIpc) is 2.32. The van der Waals surface area contributed by atoms with Crippen LogP contribution in [0.2, 0.25) is 5.02 Å². The van der Waals surface area contributed by atoms with Gasteiger partial charge in [0, 0.05) is 30.0 Å². The summed E-state index contributed by atoms with van der Waals surface area (Å²) < 4.78 is 0. The Hall–Kier alpha value is -1.94. The van der Waals surface area contributed by atoms with Crippen LogP contribution in [0.1, 0.15) is 21.6 Å². The predicted octanol–water partition coefficient (Wildman–Crippen LogP) is 3.00. The van der Waals surface area contributed by atoms with E-state index in [2.05, 4.69) is 15.3 Å². The number of nitrogens with one attached hydrogen (secondary N) is 1. The van der Waals surface area contributed by atoms with Gasteiger partial charge >= 0.3 is 0 Å². The zero-order valence-electron chi connectivity index (χ0n) is 10.1. The second-order valence-corrected chi connectivity index (χ2v) is 4.36. The Kier molecular flexibility index (Phi) is 3.58. The molecule has 0 saturated heterocycles. The number of rotatable bonds is 2. The van der Waals surface area contributed by atoms with Crippen LogP contribution >= 0.6 is 11.6 Å². The van der Waals surface area contributed by atoms with Crippen molar-refractivity contribution in [1.29, 1.82) is 0 Å². The number of halogens is 1. The molecule has 2 heterocycles. The van der Waals surface area contributed by atoms with Crippen LogP contribution in [0, 0.1) is 13.8 Å². The summed E-state index contributed by atoms with van der Waals surface area (Å²) in [4.78, 5) is 20.1. The van der Waals surface area contributed by atoms with Gasteiger partial charge in [0.15, 0.2) is 0 Å². The molecule has 0 radical (unpaired) electrons. The largest absolute Gasteiger partial charge is 0.322 e. The quantitative estimate of drug-likeness (QED) is 0.904. The second-order valence-electron chi connectivity index (χ2n) is 3.95. The number of aryl methyl sites for hydroxylation is 2.